The number of primary amides is 3. The van der Waals surface area contributed by atoms with Crippen molar-refractivity contribution in [1.29, 1.82) is 0 Å². The summed E-state index contributed by atoms with van der Waals surface area (Å²) >= 11 is 4.45. The molecule has 7 heterocycles. The molecule has 550 valence electrons. The number of amides is 3. The standard InChI is InChI=1S/C27H32N6O2S.C25H29FN6O2S.C25H30N6O2S/c1-31-13-15-33(16-14-31)27-29-18-24(36-23-9-7-21(8-10-23)25(28)34)26(30-27)35-19-20-5-4-6-22(17-20)32-11-2-3-12-32;1-30(2)21-14-17(4-9-20(21)26)16-34-24-22(35-19-7-5-18(6-8-19)23(27)33)15-28-25(29-24)32-12-10-31(3)11-13-32;1-29(2)20-6-4-5-18(15-20)17-33-24-22(34-21-9-7-19(8-10-21)23(26)32)16-27-25(28-24)31-13-11-30(3)12-14-31/h4-10,17-18H,2-3,11-16,19H2,1H3,(H2,28,34);4-9,14-15H,10-13,16H2,1-3H3,(H2,27,33);4-10,15-16H,11-14,17H2,1-3H3,(H2,26,32). The van der Waals surface area contributed by atoms with Gasteiger partial charge in [0.25, 0.3) is 0 Å². The summed E-state index contributed by atoms with van der Waals surface area (Å²) in [4.78, 5) is 87.3. The number of anilines is 6. The molecular formula is C77H91FN18O6S3. The molecule has 0 aliphatic carbocycles. The quantitative estimate of drug-likeness (QED) is 0.0508. The van der Waals surface area contributed by atoms with Crippen molar-refractivity contribution in [3.05, 3.63) is 197 Å². The van der Waals surface area contributed by atoms with Gasteiger partial charge in [-0.1, -0.05) is 65.6 Å². The Bertz CT molecular complexity index is 4390. The van der Waals surface area contributed by atoms with Gasteiger partial charge in [-0.15, -0.1) is 0 Å². The maximum atomic E-state index is 14.1. The lowest BCUT2D eigenvalue weighted by Gasteiger charge is -2.32. The van der Waals surface area contributed by atoms with E-state index in [0.717, 1.165) is 143 Å². The summed E-state index contributed by atoms with van der Waals surface area (Å²) in [7, 11) is 14.0. The van der Waals surface area contributed by atoms with Crippen LogP contribution in [0.3, 0.4) is 0 Å². The Morgan fingerprint density at radius 3 is 1.12 bits per heavy atom. The number of carbonyl (C=O) groups excluding carboxylic acids is 3. The van der Waals surface area contributed by atoms with Gasteiger partial charge in [0.1, 0.15) is 25.6 Å². The highest BCUT2D eigenvalue weighted by Crippen LogP contribution is 2.39. The number of nitrogens with zero attached hydrogens (tertiary/aromatic N) is 15. The number of halogens is 1. The van der Waals surface area contributed by atoms with Gasteiger partial charge in [-0.05, 0) is 160 Å². The van der Waals surface area contributed by atoms with Gasteiger partial charge in [0.2, 0.25) is 53.2 Å². The van der Waals surface area contributed by atoms with Crippen molar-refractivity contribution in [2.24, 2.45) is 17.2 Å². The van der Waals surface area contributed by atoms with Crippen molar-refractivity contribution in [2.75, 3.05) is 170 Å². The van der Waals surface area contributed by atoms with Crippen LogP contribution in [0, 0.1) is 5.82 Å². The van der Waals surface area contributed by atoms with E-state index in [1.807, 2.05) is 75.0 Å². The summed E-state index contributed by atoms with van der Waals surface area (Å²) in [5, 5.41) is 0. The lowest BCUT2D eigenvalue weighted by atomic mass is 10.2. The second kappa shape index (κ2) is 36.6. The number of benzene rings is 6. The van der Waals surface area contributed by atoms with E-state index in [1.165, 1.54) is 59.9 Å². The largest absolute Gasteiger partial charge is 0.472 e. The van der Waals surface area contributed by atoms with Crippen LogP contribution in [0.15, 0.2) is 187 Å². The van der Waals surface area contributed by atoms with Crippen LogP contribution in [0.2, 0.25) is 0 Å². The van der Waals surface area contributed by atoms with Crippen molar-refractivity contribution in [3.8, 4) is 17.6 Å². The molecule has 0 bridgehead atoms. The topological polar surface area (TPSA) is 263 Å². The van der Waals surface area contributed by atoms with Crippen LogP contribution in [0.4, 0.5) is 39.3 Å². The maximum absolute atomic E-state index is 14.1. The zero-order chi connectivity index (χ0) is 73.9. The summed E-state index contributed by atoms with van der Waals surface area (Å²) < 4.78 is 32.8. The molecule has 0 spiro atoms. The molecule has 0 saturated carbocycles. The molecule has 3 amide bonds. The third kappa shape index (κ3) is 21.6. The fourth-order valence-corrected chi connectivity index (χ4v) is 14.1. The Hall–Kier alpha value is -9.97. The van der Waals surface area contributed by atoms with Crippen LogP contribution in [-0.4, -0.2) is 203 Å². The summed E-state index contributed by atoms with van der Waals surface area (Å²) in [6.45, 7) is 14.2. The zero-order valence-electron chi connectivity index (χ0n) is 60.4. The molecule has 4 aliphatic rings. The number of piperazine rings is 3. The Kier molecular flexibility index (Phi) is 26.6. The normalized spacial score (nSPS) is 14.9. The molecule has 13 rings (SSSR count). The number of ether oxygens (including phenoxy) is 3. The molecular weight excluding hydrogens is 1390 g/mol. The van der Waals surface area contributed by atoms with Crippen LogP contribution in [0.5, 0.6) is 17.6 Å². The molecule has 0 unspecified atom stereocenters. The smallest absolute Gasteiger partial charge is 0.248 e. The molecule has 3 aromatic heterocycles. The summed E-state index contributed by atoms with van der Waals surface area (Å²) in [5.74, 6) is 1.92. The van der Waals surface area contributed by atoms with E-state index in [4.69, 9.17) is 46.4 Å². The third-order valence-electron chi connectivity index (χ3n) is 18.0. The minimum Gasteiger partial charge on any atom is -0.472 e. The van der Waals surface area contributed by atoms with Gasteiger partial charge in [0.15, 0.2) is 0 Å². The van der Waals surface area contributed by atoms with Crippen molar-refractivity contribution in [2.45, 2.75) is 62.0 Å². The second-order valence-electron chi connectivity index (χ2n) is 26.3. The van der Waals surface area contributed by atoms with E-state index in [1.54, 1.807) is 73.7 Å². The molecule has 0 atom stereocenters. The number of rotatable bonds is 24. The molecule has 4 aliphatic heterocycles. The van der Waals surface area contributed by atoms with Crippen molar-refractivity contribution >= 4 is 87.9 Å². The number of likely N-dealkylation sites (N-methyl/N-ethyl adjacent to an activating group) is 3. The van der Waals surface area contributed by atoms with Gasteiger partial charge in [0.05, 0.1) is 39.0 Å². The molecule has 6 N–H and O–H groups in total. The molecule has 9 aromatic rings. The summed E-state index contributed by atoms with van der Waals surface area (Å²) in [5.41, 5.74) is 23.4. The predicted octanol–water partition coefficient (Wildman–Crippen LogP) is 10.0. The fraction of sp³-hybridized carbons (Fsp3) is 0.338. The first-order chi connectivity index (χ1) is 50.7. The first kappa shape index (κ1) is 76.2. The Morgan fingerprint density at radius 1 is 0.419 bits per heavy atom. The van der Waals surface area contributed by atoms with Crippen molar-refractivity contribution < 1.29 is 33.0 Å². The molecule has 0 radical (unpaired) electrons. The summed E-state index contributed by atoms with van der Waals surface area (Å²) in [6, 6.07) is 43.2. The van der Waals surface area contributed by atoms with Gasteiger partial charge in [-0.3, -0.25) is 14.4 Å². The van der Waals surface area contributed by atoms with E-state index in [0.29, 0.717) is 71.1 Å². The highest BCUT2D eigenvalue weighted by atomic mass is 32.2. The van der Waals surface area contributed by atoms with E-state index < -0.39 is 17.7 Å². The maximum Gasteiger partial charge on any atom is 0.248 e. The van der Waals surface area contributed by atoms with E-state index in [-0.39, 0.29) is 12.4 Å². The van der Waals surface area contributed by atoms with Gasteiger partial charge >= 0.3 is 0 Å². The van der Waals surface area contributed by atoms with Gasteiger partial charge in [-0.2, -0.15) is 15.0 Å². The first-order valence-corrected chi connectivity index (χ1v) is 37.3. The molecule has 4 saturated heterocycles. The monoisotopic (exact) mass is 1480 g/mol. The molecule has 24 nitrogen and oxygen atoms in total. The van der Waals surface area contributed by atoms with Crippen LogP contribution in [0.25, 0.3) is 0 Å². The number of carbonyl (C=O) groups is 3. The number of hydrogen-bond acceptors (Lipinski definition) is 24. The molecule has 6 aromatic carbocycles. The first-order valence-electron chi connectivity index (χ1n) is 34.8. The Balaban J connectivity index is 0.000000158. The fourth-order valence-electron chi connectivity index (χ4n) is 11.7. The minimum atomic E-state index is -0.471. The third-order valence-corrected chi connectivity index (χ3v) is 21.0. The molecule has 4 fully saturated rings. The predicted molar refractivity (Wildman–Crippen MR) is 415 cm³/mol. The highest BCUT2D eigenvalue weighted by Gasteiger charge is 2.24. The lowest BCUT2D eigenvalue weighted by molar-refractivity contribution is 0.0992. The Morgan fingerprint density at radius 2 is 0.771 bits per heavy atom. The van der Waals surface area contributed by atoms with Crippen LogP contribution in [0.1, 0.15) is 60.6 Å². The van der Waals surface area contributed by atoms with E-state index in [2.05, 4.69) is 112 Å². The van der Waals surface area contributed by atoms with Crippen LogP contribution >= 0.6 is 35.3 Å². The molecule has 28 heteroatoms. The average Bonchev–Trinajstić information content (AvgIpc) is 0.914. The van der Waals surface area contributed by atoms with Crippen molar-refractivity contribution in [1.82, 2.24) is 44.6 Å². The zero-order valence-corrected chi connectivity index (χ0v) is 62.9. The molecule has 105 heavy (non-hydrogen) atoms. The highest BCUT2D eigenvalue weighted by molar-refractivity contribution is 8.00. The minimum absolute atomic E-state index is 0.231. The van der Waals surface area contributed by atoms with Crippen molar-refractivity contribution in [3.63, 3.8) is 0 Å². The van der Waals surface area contributed by atoms with Gasteiger partial charge in [-0.25, -0.2) is 19.3 Å². The van der Waals surface area contributed by atoms with Gasteiger partial charge in [0, 0.05) is 163 Å². The van der Waals surface area contributed by atoms with Crippen LogP contribution in [-0.2, 0) is 19.8 Å². The summed E-state index contributed by atoms with van der Waals surface area (Å²) in [6.07, 6.45) is 7.91. The van der Waals surface area contributed by atoms with E-state index in [9.17, 15) is 18.8 Å². The number of nitrogens with two attached hydrogens (primary N) is 3. The van der Waals surface area contributed by atoms with Crippen LogP contribution < -0.4 is 60.8 Å². The van der Waals surface area contributed by atoms with E-state index >= 15 is 0 Å². The SMILES string of the molecule is CN1CCN(c2ncc(Sc3ccc(C(N)=O)cc3)c(OCc3ccc(F)c(N(C)C)c3)n2)CC1.CN1CCN(c2ncc(Sc3ccc(C(N)=O)cc3)c(OCc3cccc(N(C)C)c3)n2)CC1.CN1CCN(c2ncc(Sc3ccc(C(N)=O)cc3)c(OCc3cccc(N4CCCC4)c3)n2)CC1. The average molecular weight is 1480 g/mol. The Labute approximate surface area is 626 Å². The number of aromatic nitrogens is 6. The lowest BCUT2D eigenvalue weighted by Crippen LogP contribution is -2.45. The number of hydrogen-bond donors (Lipinski definition) is 3. The second-order valence-corrected chi connectivity index (χ2v) is 29.7. The van der Waals surface area contributed by atoms with Gasteiger partial charge < -0.3 is 75.5 Å².